The zero-order valence-corrected chi connectivity index (χ0v) is 11.1. The lowest BCUT2D eigenvalue weighted by Gasteiger charge is -2.09. The van der Waals surface area contributed by atoms with Gasteiger partial charge >= 0.3 is 5.69 Å². The molecule has 2 rings (SSSR count). The van der Waals surface area contributed by atoms with Crippen LogP contribution in [-0.2, 0) is 7.05 Å². The van der Waals surface area contributed by atoms with Gasteiger partial charge in [-0.05, 0) is 12.1 Å². The third kappa shape index (κ3) is 2.38. The smallest absolute Gasteiger partial charge is 0.329 e. The van der Waals surface area contributed by atoms with Crippen molar-refractivity contribution in [3.05, 3.63) is 50.6 Å². The number of carbonyl (C=O) groups excluding carboxylic acids is 1. The van der Waals surface area contributed by atoms with Gasteiger partial charge in [-0.3, -0.25) is 19.1 Å². The van der Waals surface area contributed by atoms with Gasteiger partial charge in [-0.2, -0.15) is 0 Å². The predicted molar refractivity (Wildman–Crippen MR) is 74.6 cm³/mol. The minimum absolute atomic E-state index is 0.0344. The van der Waals surface area contributed by atoms with E-state index in [4.69, 9.17) is 22.4 Å². The van der Waals surface area contributed by atoms with Crippen LogP contribution in [0.15, 0.2) is 32.4 Å². The molecule has 0 spiro atoms. The summed E-state index contributed by atoms with van der Waals surface area (Å²) in [7, 11) is 1.37. The molecule has 104 valence electrons. The molecule has 0 radical (unpaired) electrons. The number of hydrogen-bond acceptors (Lipinski definition) is 6. The van der Waals surface area contributed by atoms with Crippen molar-refractivity contribution >= 4 is 28.9 Å². The van der Waals surface area contributed by atoms with Crippen molar-refractivity contribution in [2.45, 2.75) is 0 Å². The van der Waals surface area contributed by atoms with Gasteiger partial charge in [0, 0.05) is 7.05 Å². The number of thiocarbonyl (C=S) groups is 1. The Kier molecular flexibility index (Phi) is 3.53. The van der Waals surface area contributed by atoms with Crippen LogP contribution in [0.5, 0.6) is 0 Å². The Morgan fingerprint density at radius 1 is 1.50 bits per heavy atom. The highest BCUT2D eigenvalue weighted by Gasteiger charge is 2.18. The molecule has 0 saturated carbocycles. The zero-order chi connectivity index (χ0) is 14.9. The topological polar surface area (TPSA) is 123 Å². The largest absolute Gasteiger partial charge is 0.459 e. The van der Waals surface area contributed by atoms with Crippen molar-refractivity contribution in [3.63, 3.8) is 0 Å². The lowest BCUT2D eigenvalue weighted by Crippen LogP contribution is -2.39. The molecule has 0 aromatic carbocycles. The summed E-state index contributed by atoms with van der Waals surface area (Å²) in [6, 6.07) is 2.97. The number of nitrogens with one attached hydrogen (secondary N) is 2. The van der Waals surface area contributed by atoms with Crippen LogP contribution in [0.3, 0.4) is 0 Å². The Bertz CT molecular complexity index is 788. The monoisotopic (exact) mass is 294 g/mol. The number of aromatic nitrogens is 2. The highest BCUT2D eigenvalue weighted by atomic mass is 32.1. The number of rotatable bonds is 2. The molecule has 0 unspecified atom stereocenters. The highest BCUT2D eigenvalue weighted by Crippen LogP contribution is 2.05. The Labute approximate surface area is 117 Å². The first-order valence-corrected chi connectivity index (χ1v) is 5.80. The van der Waals surface area contributed by atoms with Gasteiger partial charge < -0.3 is 15.5 Å². The first-order valence-electron chi connectivity index (χ1n) is 5.39. The van der Waals surface area contributed by atoms with Crippen molar-refractivity contribution in [2.24, 2.45) is 7.05 Å². The van der Waals surface area contributed by atoms with Crippen LogP contribution in [0.1, 0.15) is 16.1 Å². The minimum atomic E-state index is -0.768. The van der Waals surface area contributed by atoms with Crippen LogP contribution in [0.25, 0.3) is 0 Å². The predicted octanol–water partition coefficient (Wildman–Crippen LogP) is -0.646. The Hall–Kier alpha value is -2.68. The van der Waals surface area contributed by atoms with Gasteiger partial charge in [-0.15, -0.1) is 0 Å². The van der Waals surface area contributed by atoms with E-state index in [1.165, 1.54) is 25.4 Å². The summed E-state index contributed by atoms with van der Waals surface area (Å²) in [6.45, 7) is 0. The fraction of sp³-hybridized carbons (Fsp3) is 0.0909. The zero-order valence-electron chi connectivity index (χ0n) is 10.3. The van der Waals surface area contributed by atoms with Crippen molar-refractivity contribution in [2.75, 3.05) is 5.73 Å². The van der Waals surface area contributed by atoms with E-state index in [9.17, 15) is 14.4 Å². The summed E-state index contributed by atoms with van der Waals surface area (Å²) in [5.41, 5.74) is 4.07. The molecule has 2 aromatic heterocycles. The van der Waals surface area contributed by atoms with Gasteiger partial charge in [0.25, 0.3) is 11.5 Å². The van der Waals surface area contributed by atoms with E-state index in [-0.39, 0.29) is 22.1 Å². The molecule has 1 amide bonds. The highest BCUT2D eigenvalue weighted by molar-refractivity contribution is 7.80. The number of hydrogen-bond donors (Lipinski definition) is 3. The molecule has 0 bridgehead atoms. The molecule has 0 fully saturated rings. The number of amides is 1. The Balaban J connectivity index is 2.36. The van der Waals surface area contributed by atoms with E-state index in [0.29, 0.717) is 0 Å². The standard InChI is InChI=1S/C11H10N4O4S/c1-15-7(12)6(9(17)14-11(15)18)10(20)13-8(16)5-3-2-4-19-5/h2-4H,12H2,1H3,(H,13,16,20)(H,14,17,18). The van der Waals surface area contributed by atoms with Crippen LogP contribution in [0.4, 0.5) is 5.82 Å². The van der Waals surface area contributed by atoms with Crippen LogP contribution in [-0.4, -0.2) is 20.4 Å². The molecule has 0 aliphatic heterocycles. The molecule has 0 aliphatic rings. The summed E-state index contributed by atoms with van der Waals surface area (Å²) in [5.74, 6) is -0.719. The normalized spacial score (nSPS) is 10.2. The molecule has 0 saturated heterocycles. The van der Waals surface area contributed by atoms with Gasteiger partial charge in [0.1, 0.15) is 16.4 Å². The number of aromatic amines is 1. The van der Waals surface area contributed by atoms with E-state index in [0.717, 1.165) is 4.57 Å². The lowest BCUT2D eigenvalue weighted by molar-refractivity contribution is 0.0951. The number of anilines is 1. The third-order valence-electron chi connectivity index (χ3n) is 2.57. The van der Waals surface area contributed by atoms with E-state index in [1.54, 1.807) is 0 Å². The quantitative estimate of drug-likeness (QED) is 0.633. The summed E-state index contributed by atoms with van der Waals surface area (Å²) < 4.78 is 5.91. The molecule has 0 atom stereocenters. The summed E-state index contributed by atoms with van der Waals surface area (Å²) in [4.78, 5) is 36.6. The van der Waals surface area contributed by atoms with Crippen molar-refractivity contribution in [3.8, 4) is 0 Å². The number of furan rings is 1. The fourth-order valence-corrected chi connectivity index (χ4v) is 1.78. The molecule has 20 heavy (non-hydrogen) atoms. The maximum Gasteiger partial charge on any atom is 0.329 e. The minimum Gasteiger partial charge on any atom is -0.459 e. The molecule has 2 heterocycles. The van der Waals surface area contributed by atoms with E-state index in [2.05, 4.69) is 5.32 Å². The van der Waals surface area contributed by atoms with E-state index < -0.39 is 17.2 Å². The number of carbonyl (C=O) groups is 1. The molecule has 0 aliphatic carbocycles. The summed E-state index contributed by atoms with van der Waals surface area (Å²) in [5, 5.41) is 2.31. The third-order valence-corrected chi connectivity index (χ3v) is 2.87. The average molecular weight is 294 g/mol. The summed E-state index contributed by atoms with van der Waals surface area (Å²) in [6.07, 6.45) is 1.32. The van der Waals surface area contributed by atoms with E-state index in [1.807, 2.05) is 4.98 Å². The second-order valence-corrected chi connectivity index (χ2v) is 4.25. The molecular formula is C11H10N4O4S. The molecular weight excluding hydrogens is 284 g/mol. The second-order valence-electron chi connectivity index (χ2n) is 3.84. The van der Waals surface area contributed by atoms with Gasteiger partial charge in [-0.1, -0.05) is 12.2 Å². The SMILES string of the molecule is Cn1c(N)c(C(=S)NC(=O)c2ccco2)c(=O)[nH]c1=O. The van der Waals surface area contributed by atoms with Gasteiger partial charge in [-0.25, -0.2) is 4.79 Å². The number of nitrogen functional groups attached to an aromatic ring is 1. The maximum absolute atomic E-state index is 11.8. The first-order chi connectivity index (χ1) is 9.41. The van der Waals surface area contributed by atoms with Crippen molar-refractivity contribution in [1.29, 1.82) is 0 Å². The molecule has 4 N–H and O–H groups in total. The first kappa shape index (κ1) is 13.7. The van der Waals surface area contributed by atoms with Crippen LogP contribution in [0, 0.1) is 0 Å². The van der Waals surface area contributed by atoms with Gasteiger partial charge in [0.05, 0.1) is 6.26 Å². The summed E-state index contributed by atoms with van der Waals surface area (Å²) >= 11 is 4.96. The number of H-pyrrole nitrogens is 1. The molecule has 2 aromatic rings. The van der Waals surface area contributed by atoms with Crippen LogP contribution in [0.2, 0.25) is 0 Å². The second kappa shape index (κ2) is 5.13. The van der Waals surface area contributed by atoms with E-state index >= 15 is 0 Å². The van der Waals surface area contributed by atoms with Crippen LogP contribution >= 0.6 is 12.2 Å². The molecule has 8 nitrogen and oxygen atoms in total. The fourth-order valence-electron chi connectivity index (χ4n) is 1.49. The van der Waals surface area contributed by atoms with Gasteiger partial charge in [0.15, 0.2) is 5.76 Å². The van der Waals surface area contributed by atoms with Crippen molar-refractivity contribution in [1.82, 2.24) is 14.9 Å². The Morgan fingerprint density at radius 2 is 2.20 bits per heavy atom. The number of nitrogens with zero attached hydrogens (tertiary/aromatic N) is 1. The molecule has 9 heteroatoms. The lowest BCUT2D eigenvalue weighted by atomic mass is 10.3. The maximum atomic E-state index is 11.8. The average Bonchev–Trinajstić information content (AvgIpc) is 2.90. The van der Waals surface area contributed by atoms with Crippen LogP contribution < -0.4 is 22.3 Å². The van der Waals surface area contributed by atoms with Crippen molar-refractivity contribution < 1.29 is 9.21 Å². The Morgan fingerprint density at radius 3 is 2.80 bits per heavy atom. The van der Waals surface area contributed by atoms with Gasteiger partial charge in [0.2, 0.25) is 0 Å². The number of nitrogens with two attached hydrogens (primary N) is 1.